The van der Waals surface area contributed by atoms with Crippen LogP contribution in [0.25, 0.3) is 5.57 Å². The summed E-state index contributed by atoms with van der Waals surface area (Å²) >= 11 is 0. The van der Waals surface area contributed by atoms with Crippen molar-refractivity contribution in [1.82, 2.24) is 9.78 Å². The van der Waals surface area contributed by atoms with Crippen molar-refractivity contribution in [1.29, 1.82) is 0 Å². The fourth-order valence-corrected chi connectivity index (χ4v) is 1.37. The molecule has 0 aliphatic heterocycles. The van der Waals surface area contributed by atoms with E-state index in [1.165, 1.54) is 0 Å². The second-order valence-electron chi connectivity index (χ2n) is 4.92. The third kappa shape index (κ3) is 2.48. The number of aliphatic hydroxyl groups is 1. The summed E-state index contributed by atoms with van der Waals surface area (Å²) in [5.74, 6) is 0. The molecule has 3 nitrogen and oxygen atoms in total. The number of nitrogens with zero attached hydrogens (tertiary/aromatic N) is 2. The molecule has 0 unspecified atom stereocenters. The largest absolute Gasteiger partial charge is 0.394 e. The van der Waals surface area contributed by atoms with Crippen LogP contribution >= 0.6 is 0 Å². The van der Waals surface area contributed by atoms with E-state index in [2.05, 4.69) is 32.4 Å². The number of hydrogen-bond donors (Lipinski definition) is 1. The van der Waals surface area contributed by atoms with Crippen molar-refractivity contribution >= 4 is 5.57 Å². The molecule has 15 heavy (non-hydrogen) atoms. The van der Waals surface area contributed by atoms with Crippen LogP contribution in [0.15, 0.2) is 18.8 Å². The minimum atomic E-state index is -0.00546. The lowest BCUT2D eigenvalue weighted by Gasteiger charge is -2.24. The van der Waals surface area contributed by atoms with Crippen molar-refractivity contribution in [2.75, 3.05) is 6.61 Å². The molecule has 0 spiro atoms. The number of hydrogen-bond acceptors (Lipinski definition) is 2. The van der Waals surface area contributed by atoms with E-state index in [4.69, 9.17) is 5.11 Å². The molecule has 1 rings (SSSR count). The maximum atomic E-state index is 9.13. The summed E-state index contributed by atoms with van der Waals surface area (Å²) in [6, 6.07) is 1.94. The third-order valence-electron chi connectivity index (χ3n) is 2.57. The normalized spacial score (nSPS) is 13.9. The Hall–Kier alpha value is -1.09. The highest BCUT2D eigenvalue weighted by atomic mass is 16.3. The zero-order valence-electron chi connectivity index (χ0n) is 9.99. The Labute approximate surface area is 91.4 Å². The van der Waals surface area contributed by atoms with E-state index < -0.39 is 0 Å². The molecule has 0 amide bonds. The summed E-state index contributed by atoms with van der Waals surface area (Å²) in [5, 5.41) is 13.3. The molecular formula is C12H20N2O. The molecule has 84 valence electrons. The first-order valence-corrected chi connectivity index (χ1v) is 5.22. The monoisotopic (exact) mass is 208 g/mol. The van der Waals surface area contributed by atoms with Crippen LogP contribution in [-0.2, 0) is 0 Å². The lowest BCUT2D eigenvalue weighted by Crippen LogP contribution is -2.17. The Morgan fingerprint density at radius 3 is 2.67 bits per heavy atom. The average molecular weight is 208 g/mol. The first kappa shape index (κ1) is 12.0. The predicted octanol–water partition coefficient (Wildman–Crippen LogP) is 2.50. The Bertz CT molecular complexity index is 347. The lowest BCUT2D eigenvalue weighted by atomic mass is 9.85. The van der Waals surface area contributed by atoms with Gasteiger partial charge in [0.05, 0.1) is 18.3 Å². The van der Waals surface area contributed by atoms with Gasteiger partial charge in [0, 0.05) is 6.20 Å². The zero-order valence-corrected chi connectivity index (χ0v) is 9.99. The highest BCUT2D eigenvalue weighted by Crippen LogP contribution is 2.32. The fraction of sp³-hybridized carbons (Fsp3) is 0.583. The van der Waals surface area contributed by atoms with Gasteiger partial charge in [-0.1, -0.05) is 27.4 Å². The summed E-state index contributed by atoms with van der Waals surface area (Å²) in [6.07, 6.45) is 1.75. The van der Waals surface area contributed by atoms with Crippen LogP contribution in [0, 0.1) is 5.41 Å². The fourth-order valence-electron chi connectivity index (χ4n) is 1.37. The maximum Gasteiger partial charge on any atom is 0.0728 e. The Kier molecular flexibility index (Phi) is 3.35. The van der Waals surface area contributed by atoms with Gasteiger partial charge in [-0.2, -0.15) is 5.10 Å². The molecule has 0 saturated heterocycles. The van der Waals surface area contributed by atoms with E-state index in [0.717, 1.165) is 11.3 Å². The van der Waals surface area contributed by atoms with Crippen molar-refractivity contribution in [3.63, 3.8) is 0 Å². The molecule has 3 heteroatoms. The zero-order chi connectivity index (χ0) is 11.6. The topological polar surface area (TPSA) is 38.0 Å². The van der Waals surface area contributed by atoms with Crippen LogP contribution < -0.4 is 0 Å². The molecule has 1 heterocycles. The van der Waals surface area contributed by atoms with Crippen LogP contribution in [0.3, 0.4) is 0 Å². The molecular weight excluding hydrogens is 188 g/mol. The lowest BCUT2D eigenvalue weighted by molar-refractivity contribution is 0.228. The molecule has 0 aliphatic carbocycles. The van der Waals surface area contributed by atoms with Gasteiger partial charge in [-0.3, -0.25) is 4.68 Å². The quantitative estimate of drug-likeness (QED) is 0.828. The number of rotatable bonds is 3. The number of allylic oxidation sites excluding steroid dienone is 1. The van der Waals surface area contributed by atoms with Gasteiger partial charge < -0.3 is 5.11 Å². The second kappa shape index (κ2) is 4.19. The molecule has 1 N–H and O–H groups in total. The first-order chi connectivity index (χ1) is 6.88. The summed E-state index contributed by atoms with van der Waals surface area (Å²) < 4.78 is 1.83. The van der Waals surface area contributed by atoms with E-state index in [9.17, 15) is 0 Å². The van der Waals surface area contributed by atoms with Crippen LogP contribution in [0.5, 0.6) is 0 Å². The molecule has 0 bridgehead atoms. The molecule has 0 fully saturated rings. The maximum absolute atomic E-state index is 9.13. The van der Waals surface area contributed by atoms with Gasteiger partial charge >= 0.3 is 0 Å². The van der Waals surface area contributed by atoms with E-state index in [1.54, 1.807) is 6.20 Å². The third-order valence-corrected chi connectivity index (χ3v) is 2.57. The standard InChI is InChI=1S/C12H20N2O/c1-9(8-15)14-11(6-7-13-14)10(2)12(3,4)5/h6-7,9,15H,2,8H2,1,3-5H3/t9-/m1/s1. The molecule has 0 aromatic carbocycles. The minimum absolute atomic E-state index is 0.00546. The van der Waals surface area contributed by atoms with Gasteiger partial charge in [-0.15, -0.1) is 0 Å². The van der Waals surface area contributed by atoms with Crippen molar-refractivity contribution in [3.8, 4) is 0 Å². The Balaban J connectivity index is 3.06. The number of aromatic nitrogens is 2. The van der Waals surface area contributed by atoms with Crippen LogP contribution in [-0.4, -0.2) is 21.5 Å². The van der Waals surface area contributed by atoms with Gasteiger partial charge in [0.1, 0.15) is 0 Å². The molecule has 1 aromatic rings. The van der Waals surface area contributed by atoms with E-state index in [0.29, 0.717) is 0 Å². The molecule has 1 atom stereocenters. The average Bonchev–Trinajstić information content (AvgIpc) is 2.62. The molecule has 0 aliphatic rings. The second-order valence-corrected chi connectivity index (χ2v) is 4.92. The molecule has 1 aromatic heterocycles. The smallest absolute Gasteiger partial charge is 0.0728 e. The van der Waals surface area contributed by atoms with Crippen molar-refractivity contribution < 1.29 is 5.11 Å². The van der Waals surface area contributed by atoms with Gasteiger partial charge in [0.25, 0.3) is 0 Å². The van der Waals surface area contributed by atoms with Crippen LogP contribution in [0.1, 0.15) is 39.4 Å². The first-order valence-electron chi connectivity index (χ1n) is 5.22. The summed E-state index contributed by atoms with van der Waals surface area (Å²) in [5.41, 5.74) is 2.07. The van der Waals surface area contributed by atoms with Gasteiger partial charge in [0.15, 0.2) is 0 Å². The van der Waals surface area contributed by atoms with Crippen molar-refractivity contribution in [2.24, 2.45) is 5.41 Å². The summed E-state index contributed by atoms with van der Waals surface area (Å²) in [4.78, 5) is 0. The van der Waals surface area contributed by atoms with E-state index in [1.807, 2.05) is 17.7 Å². The highest BCUT2D eigenvalue weighted by Gasteiger charge is 2.21. The van der Waals surface area contributed by atoms with Gasteiger partial charge in [-0.25, -0.2) is 0 Å². The summed E-state index contributed by atoms with van der Waals surface area (Å²) in [7, 11) is 0. The highest BCUT2D eigenvalue weighted by molar-refractivity contribution is 5.64. The van der Waals surface area contributed by atoms with Crippen LogP contribution in [0.4, 0.5) is 0 Å². The van der Waals surface area contributed by atoms with Crippen LogP contribution in [0.2, 0.25) is 0 Å². The van der Waals surface area contributed by atoms with Gasteiger partial charge in [0.2, 0.25) is 0 Å². The molecule has 0 radical (unpaired) electrons. The van der Waals surface area contributed by atoms with Crippen molar-refractivity contribution in [3.05, 3.63) is 24.5 Å². The minimum Gasteiger partial charge on any atom is -0.394 e. The summed E-state index contributed by atoms with van der Waals surface area (Å²) in [6.45, 7) is 12.5. The van der Waals surface area contributed by atoms with E-state index in [-0.39, 0.29) is 18.1 Å². The number of aliphatic hydroxyl groups excluding tert-OH is 1. The van der Waals surface area contributed by atoms with Crippen molar-refractivity contribution in [2.45, 2.75) is 33.7 Å². The van der Waals surface area contributed by atoms with Gasteiger partial charge in [-0.05, 0) is 24.0 Å². The predicted molar refractivity (Wildman–Crippen MR) is 62.5 cm³/mol. The molecule has 0 saturated carbocycles. The Morgan fingerprint density at radius 1 is 1.60 bits per heavy atom. The Morgan fingerprint density at radius 2 is 2.20 bits per heavy atom. The SMILES string of the molecule is C=C(c1ccnn1[C@H](C)CO)C(C)(C)C. The van der Waals surface area contributed by atoms with E-state index >= 15 is 0 Å².